The lowest BCUT2D eigenvalue weighted by Gasteiger charge is -2.29. The number of phenolic OH excluding ortho intramolecular Hbond substituents is 1. The molecule has 0 bridgehead atoms. The van der Waals surface area contributed by atoms with Crippen molar-refractivity contribution < 1.29 is 5.11 Å². The summed E-state index contributed by atoms with van der Waals surface area (Å²) in [5.74, 6) is 1.14. The Morgan fingerprint density at radius 1 is 1.17 bits per heavy atom. The Morgan fingerprint density at radius 3 is 2.50 bits per heavy atom. The van der Waals surface area contributed by atoms with Crippen molar-refractivity contribution >= 4 is 11.6 Å². The predicted octanol–water partition coefficient (Wildman–Crippen LogP) is 3.38. The first-order valence-corrected chi connectivity index (χ1v) is 9.12. The van der Waals surface area contributed by atoms with Gasteiger partial charge in [0.15, 0.2) is 5.96 Å². The first-order valence-electron chi connectivity index (χ1n) is 9.12. The first-order chi connectivity index (χ1) is 11.6. The Morgan fingerprint density at radius 2 is 1.88 bits per heavy atom. The summed E-state index contributed by atoms with van der Waals surface area (Å²) in [6.07, 6.45) is 6.18. The van der Waals surface area contributed by atoms with Crippen molar-refractivity contribution in [2.45, 2.75) is 45.1 Å². The molecule has 0 radical (unpaired) electrons. The number of nitrogens with one attached hydrogen (secondary N) is 1. The molecule has 0 amide bonds. The van der Waals surface area contributed by atoms with Gasteiger partial charge in [-0.2, -0.15) is 0 Å². The molecule has 2 N–H and O–H groups in total. The van der Waals surface area contributed by atoms with E-state index in [9.17, 15) is 5.11 Å². The van der Waals surface area contributed by atoms with E-state index in [0.29, 0.717) is 6.04 Å². The Bertz CT molecular complexity index is 524. The summed E-state index contributed by atoms with van der Waals surface area (Å²) in [5.41, 5.74) is 0.718. The van der Waals surface area contributed by atoms with Crippen molar-refractivity contribution in [3.63, 3.8) is 0 Å². The molecule has 0 aliphatic heterocycles. The minimum atomic E-state index is 0.262. The molecule has 1 fully saturated rings. The lowest BCUT2D eigenvalue weighted by atomic mass is 9.96. The summed E-state index contributed by atoms with van der Waals surface area (Å²) in [7, 11) is 4.17. The van der Waals surface area contributed by atoms with E-state index in [0.717, 1.165) is 44.1 Å². The predicted molar refractivity (Wildman–Crippen MR) is 102 cm³/mol. The molecule has 2 rings (SSSR count). The molecule has 24 heavy (non-hydrogen) atoms. The van der Waals surface area contributed by atoms with E-state index in [2.05, 4.69) is 36.1 Å². The van der Waals surface area contributed by atoms with Crippen LogP contribution >= 0.6 is 0 Å². The van der Waals surface area contributed by atoms with E-state index in [-0.39, 0.29) is 5.75 Å². The van der Waals surface area contributed by atoms with Crippen LogP contribution in [-0.4, -0.2) is 60.6 Å². The van der Waals surface area contributed by atoms with Crippen LogP contribution in [0.1, 0.15) is 39.0 Å². The number of anilines is 1. The van der Waals surface area contributed by atoms with Gasteiger partial charge in [-0.1, -0.05) is 31.4 Å². The summed E-state index contributed by atoms with van der Waals surface area (Å²) in [5, 5.41) is 13.5. The quantitative estimate of drug-likeness (QED) is 0.476. The van der Waals surface area contributed by atoms with Crippen molar-refractivity contribution in [3.05, 3.63) is 24.3 Å². The average molecular weight is 332 g/mol. The lowest BCUT2D eigenvalue weighted by molar-refractivity contribution is 0.333. The maximum Gasteiger partial charge on any atom is 0.198 e. The molecule has 134 valence electrons. The number of para-hydroxylation sites is 2. The SMILES string of the molecule is CCN(CCN(C)C)C(=NC1CCCCC1)Nc1ccccc1O. The number of aliphatic imine (C=N–C) groups is 1. The average Bonchev–Trinajstić information content (AvgIpc) is 2.58. The van der Waals surface area contributed by atoms with Crippen molar-refractivity contribution in [1.29, 1.82) is 0 Å². The summed E-state index contributed by atoms with van der Waals surface area (Å²) < 4.78 is 0. The molecular weight excluding hydrogens is 300 g/mol. The van der Waals surface area contributed by atoms with E-state index in [4.69, 9.17) is 4.99 Å². The van der Waals surface area contributed by atoms with Gasteiger partial charge >= 0.3 is 0 Å². The van der Waals surface area contributed by atoms with Gasteiger partial charge in [0.2, 0.25) is 0 Å². The molecule has 1 aromatic rings. The van der Waals surface area contributed by atoms with Gasteiger partial charge in [0, 0.05) is 19.6 Å². The number of nitrogens with zero attached hydrogens (tertiary/aromatic N) is 3. The maximum atomic E-state index is 10.1. The van der Waals surface area contributed by atoms with Crippen LogP contribution in [0.5, 0.6) is 5.75 Å². The zero-order valence-corrected chi connectivity index (χ0v) is 15.3. The molecular formula is C19H32N4O. The summed E-state index contributed by atoms with van der Waals surface area (Å²) >= 11 is 0. The zero-order chi connectivity index (χ0) is 17.4. The van der Waals surface area contributed by atoms with Gasteiger partial charge in [-0.05, 0) is 46.0 Å². The van der Waals surface area contributed by atoms with Crippen LogP contribution in [0.25, 0.3) is 0 Å². The minimum Gasteiger partial charge on any atom is -0.506 e. The number of hydrogen-bond donors (Lipinski definition) is 2. The van der Waals surface area contributed by atoms with Gasteiger partial charge in [0.05, 0.1) is 11.7 Å². The third kappa shape index (κ3) is 5.71. The van der Waals surface area contributed by atoms with Gasteiger partial charge in [-0.25, -0.2) is 4.99 Å². The van der Waals surface area contributed by atoms with Crippen LogP contribution in [0.2, 0.25) is 0 Å². The number of rotatable bonds is 6. The van der Waals surface area contributed by atoms with Crippen molar-refractivity contribution in [1.82, 2.24) is 9.80 Å². The number of benzene rings is 1. The van der Waals surface area contributed by atoms with Gasteiger partial charge in [-0.15, -0.1) is 0 Å². The maximum absolute atomic E-state index is 10.1. The van der Waals surface area contributed by atoms with E-state index in [1.807, 2.05) is 18.2 Å². The fourth-order valence-electron chi connectivity index (χ4n) is 3.01. The normalized spacial score (nSPS) is 16.4. The van der Waals surface area contributed by atoms with Crippen LogP contribution in [0.4, 0.5) is 5.69 Å². The summed E-state index contributed by atoms with van der Waals surface area (Å²) in [6, 6.07) is 7.75. The molecule has 0 unspecified atom stereocenters. The van der Waals surface area contributed by atoms with Gasteiger partial charge in [-0.3, -0.25) is 0 Å². The number of aromatic hydroxyl groups is 1. The van der Waals surface area contributed by atoms with Gasteiger partial charge in [0.25, 0.3) is 0 Å². The number of guanidine groups is 1. The zero-order valence-electron chi connectivity index (χ0n) is 15.3. The van der Waals surface area contributed by atoms with Crippen LogP contribution < -0.4 is 5.32 Å². The second-order valence-electron chi connectivity index (χ2n) is 6.77. The topological polar surface area (TPSA) is 51.1 Å². The molecule has 0 spiro atoms. The van der Waals surface area contributed by atoms with Crippen LogP contribution in [0.3, 0.4) is 0 Å². The Labute approximate surface area is 146 Å². The second kappa shape index (κ2) is 9.52. The van der Waals surface area contributed by atoms with Crippen LogP contribution in [0, 0.1) is 0 Å². The molecule has 0 saturated heterocycles. The molecule has 0 aromatic heterocycles. The third-order valence-corrected chi connectivity index (χ3v) is 4.53. The molecule has 1 aromatic carbocycles. The molecule has 5 nitrogen and oxygen atoms in total. The highest BCUT2D eigenvalue weighted by molar-refractivity contribution is 5.95. The number of hydrogen-bond acceptors (Lipinski definition) is 3. The Kier molecular flexibility index (Phi) is 7.37. The fraction of sp³-hybridized carbons (Fsp3) is 0.632. The molecule has 1 aliphatic carbocycles. The number of likely N-dealkylation sites (N-methyl/N-ethyl adjacent to an activating group) is 2. The third-order valence-electron chi connectivity index (χ3n) is 4.53. The lowest BCUT2D eigenvalue weighted by Crippen LogP contribution is -2.41. The highest BCUT2D eigenvalue weighted by atomic mass is 16.3. The fourth-order valence-corrected chi connectivity index (χ4v) is 3.01. The molecule has 1 aliphatic rings. The number of phenols is 1. The first kappa shape index (κ1) is 18.6. The largest absolute Gasteiger partial charge is 0.506 e. The standard InChI is InChI=1S/C19H32N4O/c1-4-23(15-14-22(2)3)19(20-16-10-6-5-7-11-16)21-17-12-8-9-13-18(17)24/h8-9,12-13,16,24H,4-7,10-11,14-15H2,1-3H3,(H,20,21). The van der Waals surface area contributed by atoms with Gasteiger partial charge in [0.1, 0.15) is 5.75 Å². The highest BCUT2D eigenvalue weighted by Gasteiger charge is 2.17. The van der Waals surface area contributed by atoms with Crippen molar-refractivity contribution in [2.75, 3.05) is 39.0 Å². The minimum absolute atomic E-state index is 0.262. The molecule has 0 heterocycles. The smallest absolute Gasteiger partial charge is 0.198 e. The summed E-state index contributed by atoms with van der Waals surface area (Å²) in [6.45, 7) is 4.92. The van der Waals surface area contributed by atoms with Crippen molar-refractivity contribution in [2.24, 2.45) is 4.99 Å². The van der Waals surface area contributed by atoms with E-state index in [1.54, 1.807) is 6.07 Å². The van der Waals surface area contributed by atoms with Gasteiger partial charge < -0.3 is 20.2 Å². The van der Waals surface area contributed by atoms with E-state index in [1.165, 1.54) is 19.3 Å². The Balaban J connectivity index is 2.18. The summed E-state index contributed by atoms with van der Waals surface area (Å²) in [4.78, 5) is 9.47. The second-order valence-corrected chi connectivity index (χ2v) is 6.77. The highest BCUT2D eigenvalue weighted by Crippen LogP contribution is 2.24. The van der Waals surface area contributed by atoms with Crippen molar-refractivity contribution in [3.8, 4) is 5.75 Å². The molecule has 0 atom stereocenters. The monoisotopic (exact) mass is 332 g/mol. The molecule has 1 saturated carbocycles. The Hall–Kier alpha value is -1.75. The van der Waals surface area contributed by atoms with Crippen LogP contribution in [0.15, 0.2) is 29.3 Å². The van der Waals surface area contributed by atoms with E-state index >= 15 is 0 Å². The van der Waals surface area contributed by atoms with Crippen LogP contribution in [-0.2, 0) is 0 Å². The van der Waals surface area contributed by atoms with E-state index < -0.39 is 0 Å². The molecule has 5 heteroatoms.